The number of imidazole rings is 1. The summed E-state index contributed by atoms with van der Waals surface area (Å²) in [5.74, 6) is 0.846. The molecule has 271 valence electrons. The fraction of sp³-hybridized carbons (Fsp3) is 0.234. The number of fused-ring (bicyclic) bond motifs is 4. The van der Waals surface area contributed by atoms with E-state index in [1.807, 2.05) is 57.2 Å². The zero-order valence-corrected chi connectivity index (χ0v) is 34.9. The Balaban J connectivity index is 0.000000194. The number of aromatic nitrogens is 3. The molecule has 53 heavy (non-hydrogen) atoms. The first-order chi connectivity index (χ1) is 26.8. The van der Waals surface area contributed by atoms with E-state index in [0.29, 0.717) is 16.8 Å². The van der Waals surface area contributed by atoms with Gasteiger partial charge in [0.05, 0.1) is 30.5 Å². The van der Waals surface area contributed by atoms with Gasteiger partial charge >= 0.3 is 0 Å². The van der Waals surface area contributed by atoms with E-state index in [1.165, 1.54) is 17.2 Å². The second kappa shape index (κ2) is 15.0. The van der Waals surface area contributed by atoms with Crippen LogP contribution in [0.15, 0.2) is 114 Å². The van der Waals surface area contributed by atoms with E-state index in [1.54, 1.807) is 18.3 Å². The Morgan fingerprint density at radius 1 is 0.868 bits per heavy atom. The van der Waals surface area contributed by atoms with Gasteiger partial charge < -0.3 is 14.0 Å². The molecule has 6 heteroatoms. The molecule has 0 fully saturated rings. The minimum absolute atomic E-state index is 0. The third-order valence-electron chi connectivity index (χ3n) is 9.10. The van der Waals surface area contributed by atoms with Gasteiger partial charge in [-0.05, 0) is 65.8 Å². The normalized spacial score (nSPS) is 13.7. The SMILES string of the molecule is Cc1cccc(C)c1-n1c(-c2[c-]ccc3c2oc2ccccc23)nc2ccccc21.[2H]C([2H])([2H])c1c[c-]c(-c2cc(C([2H])([2H])C(C)(C)C)c([Si](C)(C)C)cn2)cc1.[Ir]. The van der Waals surface area contributed by atoms with E-state index in [-0.39, 0.29) is 25.7 Å². The van der Waals surface area contributed by atoms with E-state index >= 15 is 0 Å². The molecular formula is C47H47IrN3OSi-2. The average molecular weight is 895 g/mol. The van der Waals surface area contributed by atoms with Crippen LogP contribution in [-0.2, 0) is 26.5 Å². The van der Waals surface area contributed by atoms with Crippen molar-refractivity contribution in [3.05, 3.63) is 144 Å². The quantitative estimate of drug-likeness (QED) is 0.128. The number of hydrogen-bond donors (Lipinski definition) is 0. The average Bonchev–Trinajstić information content (AvgIpc) is 3.73. The maximum absolute atomic E-state index is 8.79. The van der Waals surface area contributed by atoms with Crippen molar-refractivity contribution in [1.29, 1.82) is 0 Å². The fourth-order valence-electron chi connectivity index (χ4n) is 6.73. The predicted octanol–water partition coefficient (Wildman–Crippen LogP) is 12.0. The number of nitrogens with zero attached hydrogens (tertiary/aromatic N) is 3. The molecule has 0 aliphatic rings. The number of hydrogen-bond acceptors (Lipinski definition) is 3. The molecule has 3 heterocycles. The number of para-hydroxylation sites is 4. The largest absolute Gasteiger partial charge is 0.501 e. The first kappa shape index (κ1) is 31.9. The fourth-order valence-corrected chi connectivity index (χ4v) is 8.12. The number of furan rings is 1. The van der Waals surface area contributed by atoms with Crippen molar-refractivity contribution in [3.63, 3.8) is 0 Å². The molecule has 5 aromatic carbocycles. The van der Waals surface area contributed by atoms with E-state index in [0.717, 1.165) is 55.2 Å². The van der Waals surface area contributed by atoms with Gasteiger partial charge in [-0.2, -0.15) is 0 Å². The Hall–Kier alpha value is -4.61. The number of pyridine rings is 1. The van der Waals surface area contributed by atoms with Crippen LogP contribution in [0.25, 0.3) is 61.3 Å². The standard InChI is InChI=1S/C27H19N2O.C20H28NSi.Ir/c1-17-9-7-10-18(2)25(17)29-23-15-5-4-14-22(23)28-27(29)21-13-8-12-20-19-11-3-6-16-24(19)30-26(20)21;1-15-8-10-16(11-9-15)18-12-17(13-20(2,3)4)19(14-21-18)22(5,6)7;/h3-12,14-16H,1-2H3;8-10,12,14H,13H2,1-7H3;/q2*-1;/i;1D3,13D2;. The summed E-state index contributed by atoms with van der Waals surface area (Å²) in [6.07, 6.45) is 0.269. The molecule has 0 saturated heterocycles. The Bertz CT molecular complexity index is 2740. The van der Waals surface area contributed by atoms with Gasteiger partial charge in [0.15, 0.2) is 0 Å². The zero-order chi connectivity index (χ0) is 41.1. The molecule has 0 atom stereocenters. The van der Waals surface area contributed by atoms with Crippen LogP contribution in [0, 0.1) is 38.2 Å². The van der Waals surface area contributed by atoms with Crippen molar-refractivity contribution in [2.24, 2.45) is 5.41 Å². The molecule has 0 aliphatic carbocycles. The molecule has 0 unspecified atom stereocenters. The van der Waals surface area contributed by atoms with Gasteiger partial charge in [0.1, 0.15) is 5.58 Å². The van der Waals surface area contributed by atoms with Crippen molar-refractivity contribution in [3.8, 4) is 28.3 Å². The minimum atomic E-state index is -2.17. The Labute approximate surface area is 335 Å². The van der Waals surface area contributed by atoms with Crippen LogP contribution >= 0.6 is 0 Å². The predicted molar refractivity (Wildman–Crippen MR) is 221 cm³/mol. The molecule has 0 amide bonds. The van der Waals surface area contributed by atoms with E-state index < -0.39 is 26.7 Å². The van der Waals surface area contributed by atoms with E-state index in [9.17, 15) is 0 Å². The summed E-state index contributed by atoms with van der Waals surface area (Å²) >= 11 is 0. The van der Waals surface area contributed by atoms with Gasteiger partial charge in [-0.3, -0.25) is 4.98 Å². The number of rotatable bonds is 5. The Morgan fingerprint density at radius 2 is 1.60 bits per heavy atom. The molecule has 0 aliphatic heterocycles. The van der Waals surface area contributed by atoms with Crippen molar-refractivity contribution < 1.29 is 31.4 Å². The smallest absolute Gasteiger partial charge is 0.120 e. The molecule has 1 radical (unpaired) electrons. The van der Waals surface area contributed by atoms with E-state index in [4.69, 9.17) is 16.3 Å². The van der Waals surface area contributed by atoms with Crippen molar-refractivity contribution >= 4 is 46.2 Å². The monoisotopic (exact) mass is 895 g/mol. The molecule has 8 rings (SSSR count). The first-order valence-corrected chi connectivity index (χ1v) is 21.2. The summed E-state index contributed by atoms with van der Waals surface area (Å²) in [5.41, 5.74) is 9.77. The van der Waals surface area contributed by atoms with Gasteiger partial charge in [-0.1, -0.05) is 118 Å². The second-order valence-corrected chi connectivity index (χ2v) is 20.5. The first-order valence-electron chi connectivity index (χ1n) is 20.2. The van der Waals surface area contributed by atoms with Crippen LogP contribution in [-0.4, -0.2) is 22.6 Å². The third-order valence-corrected chi connectivity index (χ3v) is 11.1. The molecule has 8 aromatic rings. The summed E-state index contributed by atoms with van der Waals surface area (Å²) in [4.78, 5) is 9.59. The minimum Gasteiger partial charge on any atom is -0.501 e. The molecule has 3 aromatic heterocycles. The van der Waals surface area contributed by atoms with Crippen LogP contribution in [0.1, 0.15) is 49.9 Å². The summed E-state index contributed by atoms with van der Waals surface area (Å²) in [7, 11) is -1.81. The van der Waals surface area contributed by atoms with Crippen molar-refractivity contribution in [1.82, 2.24) is 14.5 Å². The maximum atomic E-state index is 8.79. The topological polar surface area (TPSA) is 43.9 Å². The number of aryl methyl sites for hydroxylation is 3. The summed E-state index contributed by atoms with van der Waals surface area (Å²) in [5, 5.41) is 3.20. The van der Waals surface area contributed by atoms with Gasteiger partial charge in [0, 0.05) is 44.2 Å². The van der Waals surface area contributed by atoms with E-state index in [2.05, 4.69) is 104 Å². The van der Waals surface area contributed by atoms with Crippen LogP contribution in [0.2, 0.25) is 19.6 Å². The molecule has 0 saturated carbocycles. The van der Waals surface area contributed by atoms with Crippen LogP contribution in [0.3, 0.4) is 0 Å². The van der Waals surface area contributed by atoms with Crippen molar-refractivity contribution in [2.75, 3.05) is 0 Å². The molecule has 0 bridgehead atoms. The third kappa shape index (κ3) is 7.87. The van der Waals surface area contributed by atoms with Crippen molar-refractivity contribution in [2.45, 2.75) is 67.5 Å². The maximum Gasteiger partial charge on any atom is 0.120 e. The summed E-state index contributed by atoms with van der Waals surface area (Å²) in [6, 6.07) is 39.8. The van der Waals surface area contributed by atoms with Gasteiger partial charge in [-0.25, -0.2) is 0 Å². The Morgan fingerprint density at radius 3 is 2.30 bits per heavy atom. The van der Waals surface area contributed by atoms with Crippen LogP contribution < -0.4 is 5.19 Å². The summed E-state index contributed by atoms with van der Waals surface area (Å²) < 4.78 is 48.6. The molecular weight excluding hydrogens is 843 g/mol. The van der Waals surface area contributed by atoms with Crippen LogP contribution in [0.4, 0.5) is 0 Å². The molecule has 0 spiro atoms. The van der Waals surface area contributed by atoms with Gasteiger partial charge in [0.25, 0.3) is 0 Å². The van der Waals surface area contributed by atoms with Gasteiger partial charge in [0.2, 0.25) is 0 Å². The number of benzene rings is 5. The zero-order valence-electron chi connectivity index (χ0n) is 36.5. The summed E-state index contributed by atoms with van der Waals surface area (Å²) in [6.45, 7) is 14.4. The van der Waals surface area contributed by atoms with Crippen LogP contribution in [0.5, 0.6) is 0 Å². The molecule has 4 nitrogen and oxygen atoms in total. The second-order valence-electron chi connectivity index (χ2n) is 15.4. The molecule has 0 N–H and O–H groups in total. The Kier molecular flexibility index (Phi) is 9.03. The van der Waals surface area contributed by atoms with Gasteiger partial charge in [-0.15, -0.1) is 53.6 Å².